The standard InChI is InChI=1S/C18H22N6O5S/c1-12-17(20-21-23(12)13-5-4-6-14(9-13)24(26)27)18(25)19-15-10-30(28,29)11-16(15)22-7-2-3-8-22/h4-6,9,15-16H,2-3,7-8,10-11H2,1H3,(H,19,25). The van der Waals surface area contributed by atoms with Gasteiger partial charge in [-0.1, -0.05) is 11.3 Å². The maximum atomic E-state index is 12.9. The Balaban J connectivity index is 1.55. The maximum absolute atomic E-state index is 12.9. The van der Waals surface area contributed by atoms with Crippen molar-refractivity contribution in [3.63, 3.8) is 0 Å². The van der Waals surface area contributed by atoms with Gasteiger partial charge < -0.3 is 5.32 Å². The first-order chi connectivity index (χ1) is 14.2. The van der Waals surface area contributed by atoms with E-state index in [0.29, 0.717) is 11.4 Å². The van der Waals surface area contributed by atoms with Crippen LogP contribution in [-0.4, -0.2) is 75.8 Å². The Hall–Kier alpha value is -2.86. The highest BCUT2D eigenvalue weighted by Crippen LogP contribution is 2.23. The predicted molar refractivity (Wildman–Crippen MR) is 107 cm³/mol. The van der Waals surface area contributed by atoms with Crippen LogP contribution in [0.3, 0.4) is 0 Å². The third kappa shape index (κ3) is 3.92. The Kier molecular flexibility index (Phi) is 5.28. The van der Waals surface area contributed by atoms with Gasteiger partial charge in [0.2, 0.25) is 0 Å². The average molecular weight is 434 g/mol. The highest BCUT2D eigenvalue weighted by Gasteiger charge is 2.42. The normalized spacial score (nSPS) is 23.5. The average Bonchev–Trinajstić information content (AvgIpc) is 3.40. The molecule has 2 aliphatic heterocycles. The molecule has 1 aromatic carbocycles. The minimum Gasteiger partial charge on any atom is -0.345 e. The fourth-order valence-electron chi connectivity index (χ4n) is 4.16. The number of nitrogens with one attached hydrogen (secondary N) is 1. The molecular formula is C18H22N6O5S. The molecule has 1 N–H and O–H groups in total. The molecule has 160 valence electrons. The molecule has 0 aliphatic carbocycles. The van der Waals surface area contributed by atoms with Gasteiger partial charge in [0.15, 0.2) is 15.5 Å². The summed E-state index contributed by atoms with van der Waals surface area (Å²) in [5.41, 5.74) is 0.780. The lowest BCUT2D eigenvalue weighted by molar-refractivity contribution is -0.384. The topological polar surface area (TPSA) is 140 Å². The van der Waals surface area contributed by atoms with Gasteiger partial charge in [0, 0.05) is 18.2 Å². The van der Waals surface area contributed by atoms with Crippen LogP contribution >= 0.6 is 0 Å². The Morgan fingerprint density at radius 3 is 2.70 bits per heavy atom. The predicted octanol–water partition coefficient (Wildman–Crippen LogP) is 0.475. The Labute approximate surface area is 173 Å². The van der Waals surface area contributed by atoms with E-state index in [2.05, 4.69) is 20.5 Å². The molecule has 0 spiro atoms. The first-order valence-electron chi connectivity index (χ1n) is 9.67. The van der Waals surface area contributed by atoms with E-state index in [-0.39, 0.29) is 28.9 Å². The zero-order valence-corrected chi connectivity index (χ0v) is 17.2. The van der Waals surface area contributed by atoms with Gasteiger partial charge in [0.25, 0.3) is 11.6 Å². The van der Waals surface area contributed by atoms with E-state index in [0.717, 1.165) is 25.9 Å². The molecule has 2 aromatic rings. The Morgan fingerprint density at radius 2 is 2.00 bits per heavy atom. The molecule has 2 unspecified atom stereocenters. The smallest absolute Gasteiger partial charge is 0.274 e. The maximum Gasteiger partial charge on any atom is 0.274 e. The van der Waals surface area contributed by atoms with E-state index >= 15 is 0 Å². The lowest BCUT2D eigenvalue weighted by atomic mass is 10.1. The third-order valence-corrected chi connectivity index (χ3v) is 7.36. The lowest BCUT2D eigenvalue weighted by Gasteiger charge is -2.28. The summed E-state index contributed by atoms with van der Waals surface area (Å²) in [6.07, 6.45) is 2.04. The number of aromatic nitrogens is 3. The third-order valence-electron chi connectivity index (χ3n) is 5.64. The van der Waals surface area contributed by atoms with Gasteiger partial charge in [-0.05, 0) is 38.9 Å². The number of benzene rings is 1. The van der Waals surface area contributed by atoms with Crippen molar-refractivity contribution in [1.82, 2.24) is 25.2 Å². The SMILES string of the molecule is Cc1c(C(=O)NC2CS(=O)(=O)CC2N2CCCC2)nnn1-c1cccc([N+](=O)[O-])c1. The van der Waals surface area contributed by atoms with Gasteiger partial charge in [-0.3, -0.25) is 19.8 Å². The fraction of sp³-hybridized carbons (Fsp3) is 0.500. The highest BCUT2D eigenvalue weighted by molar-refractivity contribution is 7.91. The van der Waals surface area contributed by atoms with Crippen LogP contribution in [0.4, 0.5) is 5.69 Å². The number of carbonyl (C=O) groups excluding carboxylic acids is 1. The molecule has 2 fully saturated rings. The Bertz CT molecular complexity index is 1090. The molecule has 1 amide bonds. The summed E-state index contributed by atoms with van der Waals surface area (Å²) in [6.45, 7) is 3.29. The lowest BCUT2D eigenvalue weighted by Crippen LogP contribution is -2.50. The van der Waals surface area contributed by atoms with Gasteiger partial charge in [-0.15, -0.1) is 5.10 Å². The highest BCUT2D eigenvalue weighted by atomic mass is 32.2. The van der Waals surface area contributed by atoms with Crippen molar-refractivity contribution in [2.75, 3.05) is 24.6 Å². The second-order valence-electron chi connectivity index (χ2n) is 7.68. The number of carbonyl (C=O) groups is 1. The summed E-state index contributed by atoms with van der Waals surface area (Å²) >= 11 is 0. The van der Waals surface area contributed by atoms with Crippen LogP contribution in [-0.2, 0) is 9.84 Å². The second-order valence-corrected chi connectivity index (χ2v) is 9.83. The van der Waals surface area contributed by atoms with Gasteiger partial charge in [-0.25, -0.2) is 13.1 Å². The Morgan fingerprint density at radius 1 is 1.27 bits per heavy atom. The van der Waals surface area contributed by atoms with Crippen molar-refractivity contribution in [3.8, 4) is 5.69 Å². The van der Waals surface area contributed by atoms with E-state index in [1.54, 1.807) is 13.0 Å². The van der Waals surface area contributed by atoms with E-state index < -0.39 is 26.7 Å². The number of hydrogen-bond acceptors (Lipinski definition) is 8. The number of likely N-dealkylation sites (tertiary alicyclic amines) is 1. The summed E-state index contributed by atoms with van der Waals surface area (Å²) in [7, 11) is -3.23. The molecule has 0 saturated carbocycles. The molecule has 12 heteroatoms. The minimum atomic E-state index is -3.23. The van der Waals surface area contributed by atoms with Crippen LogP contribution in [0.5, 0.6) is 0 Å². The number of rotatable bonds is 5. The largest absolute Gasteiger partial charge is 0.345 e. The molecule has 30 heavy (non-hydrogen) atoms. The monoisotopic (exact) mass is 434 g/mol. The van der Waals surface area contributed by atoms with Crippen LogP contribution < -0.4 is 5.32 Å². The van der Waals surface area contributed by atoms with Gasteiger partial charge in [0.1, 0.15) is 0 Å². The van der Waals surface area contributed by atoms with E-state index in [1.165, 1.54) is 22.9 Å². The molecule has 11 nitrogen and oxygen atoms in total. The van der Waals surface area contributed by atoms with Crippen LogP contribution in [0.1, 0.15) is 29.0 Å². The number of amides is 1. The summed E-state index contributed by atoms with van der Waals surface area (Å²) in [4.78, 5) is 25.5. The van der Waals surface area contributed by atoms with E-state index in [9.17, 15) is 23.3 Å². The van der Waals surface area contributed by atoms with E-state index in [1.807, 2.05) is 0 Å². The second kappa shape index (κ2) is 7.76. The molecule has 0 radical (unpaired) electrons. The number of nitro groups is 1. The summed E-state index contributed by atoms with van der Waals surface area (Å²) < 4.78 is 25.8. The molecule has 3 heterocycles. The summed E-state index contributed by atoms with van der Waals surface area (Å²) in [5.74, 6) is -0.564. The zero-order valence-electron chi connectivity index (χ0n) is 16.4. The first-order valence-corrected chi connectivity index (χ1v) is 11.5. The molecule has 4 rings (SSSR count). The first kappa shape index (κ1) is 20.4. The van der Waals surface area contributed by atoms with Crippen molar-refractivity contribution in [1.29, 1.82) is 0 Å². The molecule has 2 saturated heterocycles. The number of non-ortho nitro benzene ring substituents is 1. The molecule has 2 aliphatic rings. The van der Waals surface area contributed by atoms with Crippen LogP contribution in [0, 0.1) is 17.0 Å². The van der Waals surface area contributed by atoms with Gasteiger partial charge in [-0.2, -0.15) is 0 Å². The summed E-state index contributed by atoms with van der Waals surface area (Å²) in [6, 6.07) is 5.11. The van der Waals surface area contributed by atoms with Crippen LogP contribution in [0.25, 0.3) is 5.69 Å². The number of hydrogen-bond donors (Lipinski definition) is 1. The van der Waals surface area contributed by atoms with Gasteiger partial charge in [0.05, 0.1) is 33.9 Å². The molecule has 0 bridgehead atoms. The van der Waals surface area contributed by atoms with E-state index in [4.69, 9.17) is 0 Å². The molecular weight excluding hydrogens is 412 g/mol. The number of sulfone groups is 1. The molecule has 1 aromatic heterocycles. The van der Waals surface area contributed by atoms with Crippen molar-refractivity contribution in [2.24, 2.45) is 0 Å². The van der Waals surface area contributed by atoms with Crippen molar-refractivity contribution >= 4 is 21.4 Å². The summed E-state index contributed by atoms with van der Waals surface area (Å²) in [5, 5.41) is 21.7. The number of nitro benzene ring substituents is 1. The van der Waals surface area contributed by atoms with Crippen molar-refractivity contribution in [2.45, 2.75) is 31.8 Å². The molecule has 2 atom stereocenters. The van der Waals surface area contributed by atoms with Crippen molar-refractivity contribution < 1.29 is 18.1 Å². The minimum absolute atomic E-state index is 0.0390. The van der Waals surface area contributed by atoms with Crippen LogP contribution in [0.15, 0.2) is 24.3 Å². The fourth-order valence-corrected chi connectivity index (χ4v) is 6.11. The van der Waals surface area contributed by atoms with Crippen LogP contribution in [0.2, 0.25) is 0 Å². The van der Waals surface area contributed by atoms with Crippen molar-refractivity contribution in [3.05, 3.63) is 45.8 Å². The number of nitrogens with zero attached hydrogens (tertiary/aromatic N) is 5. The quantitative estimate of drug-likeness (QED) is 0.529. The van der Waals surface area contributed by atoms with Gasteiger partial charge >= 0.3 is 0 Å². The zero-order chi connectivity index (χ0) is 21.5.